The van der Waals surface area contributed by atoms with E-state index in [1.165, 1.54) is 0 Å². The van der Waals surface area contributed by atoms with Crippen LogP contribution in [0.4, 0.5) is 0 Å². The van der Waals surface area contributed by atoms with E-state index in [-0.39, 0.29) is 24.2 Å². The minimum atomic E-state index is -1.19. The predicted molar refractivity (Wildman–Crippen MR) is 134 cm³/mol. The number of fused-ring (bicyclic) bond motifs is 1. The summed E-state index contributed by atoms with van der Waals surface area (Å²) in [7, 11) is 0. The number of aliphatic hydroxyl groups excluding tert-OH is 2. The second-order valence-corrected chi connectivity index (χ2v) is 12.2. The van der Waals surface area contributed by atoms with Gasteiger partial charge < -0.3 is 14.9 Å². The van der Waals surface area contributed by atoms with Crippen LogP contribution in [-0.2, 0) is 14.3 Å². The van der Waals surface area contributed by atoms with Crippen LogP contribution >= 0.6 is 11.3 Å². The molecule has 1 saturated carbocycles. The lowest BCUT2D eigenvalue weighted by Crippen LogP contribution is -2.45. The van der Waals surface area contributed by atoms with Gasteiger partial charge in [-0.05, 0) is 62.5 Å². The summed E-state index contributed by atoms with van der Waals surface area (Å²) in [4.78, 5) is 30.6. The number of aryl methyl sites for hydroxylation is 1. The Hall–Kier alpha value is -1.57. The molecule has 0 amide bonds. The molecule has 1 aliphatic heterocycles. The molecule has 0 aromatic carbocycles. The highest BCUT2D eigenvalue weighted by atomic mass is 32.1. The molecule has 2 heterocycles. The van der Waals surface area contributed by atoms with Crippen molar-refractivity contribution in [2.75, 3.05) is 0 Å². The van der Waals surface area contributed by atoms with Gasteiger partial charge in [0.1, 0.15) is 11.9 Å². The topological polar surface area (TPSA) is 96.7 Å². The number of nitrogens with zero attached hydrogens (tertiary/aromatic N) is 1. The van der Waals surface area contributed by atoms with Crippen molar-refractivity contribution < 1.29 is 24.5 Å². The Kier molecular flexibility index (Phi) is 8.75. The number of cyclic esters (lactones) is 1. The summed E-state index contributed by atoms with van der Waals surface area (Å²) in [5.74, 6) is -0.234. The van der Waals surface area contributed by atoms with Crippen LogP contribution in [0.5, 0.6) is 0 Å². The highest BCUT2D eigenvalue weighted by Crippen LogP contribution is 2.47. The Bertz CT molecular complexity index is 907. The van der Waals surface area contributed by atoms with Gasteiger partial charge in [0.15, 0.2) is 0 Å². The zero-order chi connectivity index (χ0) is 25.2. The molecule has 3 rings (SSSR count). The van der Waals surface area contributed by atoms with Gasteiger partial charge in [0.25, 0.3) is 0 Å². The first-order chi connectivity index (χ1) is 15.9. The number of ketones is 1. The van der Waals surface area contributed by atoms with Crippen molar-refractivity contribution in [2.45, 2.75) is 98.4 Å². The summed E-state index contributed by atoms with van der Waals surface area (Å²) in [5, 5.41) is 24.6. The Balaban J connectivity index is 1.81. The number of aromatic nitrogens is 1. The van der Waals surface area contributed by atoms with Gasteiger partial charge in [-0.2, -0.15) is 0 Å². The second-order valence-electron chi connectivity index (χ2n) is 11.1. The van der Waals surface area contributed by atoms with Gasteiger partial charge in [-0.25, -0.2) is 4.98 Å². The first-order valence-corrected chi connectivity index (χ1v) is 13.5. The maximum Gasteiger partial charge on any atom is 0.309 e. The summed E-state index contributed by atoms with van der Waals surface area (Å²) in [6.07, 6.45) is 4.23. The molecule has 2 fully saturated rings. The third kappa shape index (κ3) is 6.55. The molecule has 190 valence electrons. The summed E-state index contributed by atoms with van der Waals surface area (Å²) in [6, 6.07) is 0. The highest BCUT2D eigenvalue weighted by Gasteiger charge is 2.43. The summed E-state index contributed by atoms with van der Waals surface area (Å²) >= 11 is 1.58. The van der Waals surface area contributed by atoms with Crippen LogP contribution in [-0.4, -0.2) is 45.3 Å². The lowest BCUT2D eigenvalue weighted by Gasteiger charge is -2.34. The second kappa shape index (κ2) is 11.0. The number of thiazole rings is 1. The molecule has 1 aromatic heterocycles. The molecule has 0 radical (unpaired) electrons. The summed E-state index contributed by atoms with van der Waals surface area (Å²) < 4.78 is 5.90. The smallest absolute Gasteiger partial charge is 0.309 e. The van der Waals surface area contributed by atoms with Crippen molar-refractivity contribution in [1.29, 1.82) is 0 Å². The van der Waals surface area contributed by atoms with Gasteiger partial charge in [-0.15, -0.1) is 11.3 Å². The SMILES string of the molecule is C/C(=C\c1csc(C)n1)[C@@H]1C[C@@H]2C[C@@H]2CCC[C@H](C)C(O)[C@@H](C)C(=O)C(C)(C)[C@@H](O)CC(=O)O1. The molecule has 1 saturated heterocycles. The number of hydrogen-bond donors (Lipinski definition) is 2. The number of carbonyl (C=O) groups excluding carboxylic acids is 2. The predicted octanol–water partition coefficient (Wildman–Crippen LogP) is 4.96. The third-order valence-corrected chi connectivity index (χ3v) is 8.74. The number of Topliss-reactive ketones (excluding diaryl/α,β-unsaturated/α-hetero) is 1. The normalized spacial score (nSPS) is 36.0. The highest BCUT2D eigenvalue weighted by molar-refractivity contribution is 7.09. The molecule has 0 spiro atoms. The molecule has 1 unspecified atom stereocenters. The Morgan fingerprint density at radius 2 is 1.88 bits per heavy atom. The number of ether oxygens (including phenoxy) is 1. The van der Waals surface area contributed by atoms with Crippen molar-refractivity contribution in [2.24, 2.45) is 29.1 Å². The molecule has 1 aromatic rings. The molecule has 7 atom stereocenters. The van der Waals surface area contributed by atoms with Crippen LogP contribution in [0.1, 0.15) is 83.8 Å². The van der Waals surface area contributed by atoms with Crippen molar-refractivity contribution in [3.63, 3.8) is 0 Å². The lowest BCUT2D eigenvalue weighted by molar-refractivity contribution is -0.154. The van der Waals surface area contributed by atoms with Gasteiger partial charge >= 0.3 is 5.97 Å². The van der Waals surface area contributed by atoms with E-state index in [4.69, 9.17) is 4.74 Å². The number of hydrogen-bond acceptors (Lipinski definition) is 7. The molecule has 6 nitrogen and oxygen atoms in total. The van der Waals surface area contributed by atoms with E-state index in [1.807, 2.05) is 32.2 Å². The standard InChI is InChI=1S/C27H41NO5S/c1-15-8-7-9-19-11-20(19)12-22(16(2)10-21-14-34-18(4)28-21)33-24(30)13-23(29)27(5,6)26(32)17(3)25(15)31/h10,14-15,17,19-20,22-23,25,29,31H,7-9,11-13H2,1-6H3/b16-10+/t15-,17+,19-,20-,22-,23-,25?/m0/s1. The number of carbonyl (C=O) groups is 2. The average Bonchev–Trinajstić information content (AvgIpc) is 3.38. The van der Waals surface area contributed by atoms with Crippen LogP contribution in [0.15, 0.2) is 11.0 Å². The van der Waals surface area contributed by atoms with Gasteiger partial charge in [0.05, 0.1) is 34.7 Å². The van der Waals surface area contributed by atoms with E-state index in [9.17, 15) is 19.8 Å². The van der Waals surface area contributed by atoms with E-state index < -0.39 is 29.5 Å². The Morgan fingerprint density at radius 1 is 1.18 bits per heavy atom. The fourth-order valence-corrected chi connectivity index (χ4v) is 5.79. The molecule has 7 heteroatoms. The van der Waals surface area contributed by atoms with E-state index >= 15 is 0 Å². The summed E-state index contributed by atoms with van der Waals surface area (Å²) in [6.45, 7) is 10.9. The fourth-order valence-electron chi connectivity index (χ4n) is 5.22. The van der Waals surface area contributed by atoms with E-state index in [1.54, 1.807) is 32.1 Å². The molecule has 1 aliphatic carbocycles. The first kappa shape index (κ1) is 27.0. The van der Waals surface area contributed by atoms with E-state index in [0.717, 1.165) is 48.4 Å². The zero-order valence-electron chi connectivity index (χ0n) is 21.4. The Morgan fingerprint density at radius 3 is 2.53 bits per heavy atom. The van der Waals surface area contributed by atoms with Crippen molar-refractivity contribution in [3.05, 3.63) is 21.7 Å². The van der Waals surface area contributed by atoms with Crippen LogP contribution in [0, 0.1) is 36.0 Å². The third-order valence-electron chi connectivity index (χ3n) is 7.95. The van der Waals surface area contributed by atoms with Crippen molar-refractivity contribution in [3.8, 4) is 0 Å². The minimum absolute atomic E-state index is 0.00135. The molecular weight excluding hydrogens is 450 g/mol. The average molecular weight is 492 g/mol. The van der Waals surface area contributed by atoms with Gasteiger partial charge in [0, 0.05) is 11.3 Å². The van der Waals surface area contributed by atoms with Crippen molar-refractivity contribution in [1.82, 2.24) is 4.98 Å². The molecular formula is C27H41NO5S. The van der Waals surface area contributed by atoms with Gasteiger partial charge in [-0.3, -0.25) is 9.59 Å². The number of aliphatic hydroxyl groups is 2. The quantitative estimate of drug-likeness (QED) is 0.568. The van der Waals surface area contributed by atoms with Crippen molar-refractivity contribution >= 4 is 29.2 Å². The number of esters is 1. The largest absolute Gasteiger partial charge is 0.458 e. The van der Waals surface area contributed by atoms with Gasteiger partial charge in [0.2, 0.25) is 0 Å². The van der Waals surface area contributed by atoms with Gasteiger partial charge in [-0.1, -0.05) is 40.5 Å². The zero-order valence-corrected chi connectivity index (χ0v) is 22.2. The maximum absolute atomic E-state index is 13.2. The Labute approximate surface area is 207 Å². The van der Waals surface area contributed by atoms with Crippen LogP contribution < -0.4 is 0 Å². The van der Waals surface area contributed by atoms with E-state index in [2.05, 4.69) is 4.98 Å². The maximum atomic E-state index is 13.2. The molecule has 0 bridgehead atoms. The molecule has 2 aliphatic rings. The molecule has 34 heavy (non-hydrogen) atoms. The lowest BCUT2D eigenvalue weighted by atomic mass is 9.73. The van der Waals surface area contributed by atoms with Crippen LogP contribution in [0.3, 0.4) is 0 Å². The minimum Gasteiger partial charge on any atom is -0.458 e. The first-order valence-electron chi connectivity index (χ1n) is 12.6. The fraction of sp³-hybridized carbons (Fsp3) is 0.741. The monoisotopic (exact) mass is 491 g/mol. The molecule has 2 N–H and O–H groups in total. The van der Waals surface area contributed by atoms with E-state index in [0.29, 0.717) is 11.8 Å². The van der Waals surface area contributed by atoms with Crippen LogP contribution in [0.2, 0.25) is 0 Å². The summed E-state index contributed by atoms with van der Waals surface area (Å²) in [5.41, 5.74) is 0.639. The van der Waals surface area contributed by atoms with Crippen LogP contribution in [0.25, 0.3) is 6.08 Å². The number of rotatable bonds is 2.